The maximum absolute atomic E-state index is 12.4. The van der Waals surface area contributed by atoms with Crippen molar-refractivity contribution >= 4 is 28.8 Å². The van der Waals surface area contributed by atoms with Crippen LogP contribution < -0.4 is 21.0 Å². The third-order valence-electron chi connectivity index (χ3n) is 5.64. The fourth-order valence-electron chi connectivity index (χ4n) is 3.89. The van der Waals surface area contributed by atoms with Gasteiger partial charge in [0.1, 0.15) is 17.4 Å². The number of benzene rings is 1. The van der Waals surface area contributed by atoms with Crippen LogP contribution in [0, 0.1) is 12.8 Å². The molecular formula is C23H28N2O7. The quantitative estimate of drug-likeness (QED) is 0.528. The molecule has 0 fully saturated rings. The Kier molecular flexibility index (Phi) is 7.17. The molecule has 9 nitrogen and oxygen atoms in total. The Labute approximate surface area is 185 Å². The van der Waals surface area contributed by atoms with Crippen LogP contribution in [0.15, 0.2) is 21.3 Å². The number of rotatable bonds is 8. The van der Waals surface area contributed by atoms with Gasteiger partial charge >= 0.3 is 11.6 Å². The second kappa shape index (κ2) is 9.84. The first-order valence-electron chi connectivity index (χ1n) is 10.7. The highest BCUT2D eigenvalue weighted by atomic mass is 16.5. The number of carboxylic acid groups (broad SMARTS) is 1. The van der Waals surface area contributed by atoms with Gasteiger partial charge in [0, 0.05) is 16.5 Å². The molecule has 1 unspecified atom stereocenters. The van der Waals surface area contributed by atoms with E-state index >= 15 is 0 Å². The molecule has 172 valence electrons. The fraction of sp³-hybridized carbons (Fsp3) is 0.478. The van der Waals surface area contributed by atoms with Gasteiger partial charge in [0.05, 0.1) is 6.54 Å². The zero-order chi connectivity index (χ0) is 23.4. The van der Waals surface area contributed by atoms with E-state index < -0.39 is 23.8 Å². The highest BCUT2D eigenvalue weighted by Gasteiger charge is 2.23. The summed E-state index contributed by atoms with van der Waals surface area (Å²) in [4.78, 5) is 47.5. The minimum absolute atomic E-state index is 0.294. The molecule has 3 N–H and O–H groups in total. The molecule has 1 atom stereocenters. The molecule has 32 heavy (non-hydrogen) atoms. The molecule has 0 bridgehead atoms. The van der Waals surface area contributed by atoms with Gasteiger partial charge in [-0.15, -0.1) is 0 Å². The number of amides is 2. The van der Waals surface area contributed by atoms with E-state index in [4.69, 9.17) is 14.3 Å². The maximum atomic E-state index is 12.4. The van der Waals surface area contributed by atoms with Crippen LogP contribution >= 0.6 is 0 Å². The average Bonchev–Trinajstić information content (AvgIpc) is 2.76. The lowest BCUT2D eigenvalue weighted by molar-refractivity contribution is -0.143. The second-order valence-electron chi connectivity index (χ2n) is 8.31. The van der Waals surface area contributed by atoms with Gasteiger partial charge in [-0.05, 0) is 56.2 Å². The minimum atomic E-state index is -1.14. The van der Waals surface area contributed by atoms with Crippen LogP contribution in [0.1, 0.15) is 43.4 Å². The second-order valence-corrected chi connectivity index (χ2v) is 8.31. The fourth-order valence-corrected chi connectivity index (χ4v) is 3.89. The van der Waals surface area contributed by atoms with E-state index in [1.54, 1.807) is 26.8 Å². The van der Waals surface area contributed by atoms with Crippen molar-refractivity contribution in [2.24, 2.45) is 5.92 Å². The SMILES string of the molecule is Cc1c(OCC(=O)NCC(=O)NC(C(=O)O)C(C)C)ccc2c3c(c(=O)oc12)CCCC3. The Hall–Kier alpha value is -3.36. The van der Waals surface area contributed by atoms with Gasteiger partial charge in [-0.25, -0.2) is 9.59 Å². The van der Waals surface area contributed by atoms with Gasteiger partial charge in [0.25, 0.3) is 5.91 Å². The molecule has 0 saturated carbocycles. The van der Waals surface area contributed by atoms with Crippen LogP contribution in [0.5, 0.6) is 5.75 Å². The molecule has 0 aliphatic heterocycles. The first-order valence-corrected chi connectivity index (χ1v) is 10.7. The molecule has 1 heterocycles. The number of hydrogen-bond donors (Lipinski definition) is 3. The molecular weight excluding hydrogens is 416 g/mol. The number of hydrogen-bond acceptors (Lipinski definition) is 6. The predicted molar refractivity (Wildman–Crippen MR) is 117 cm³/mol. The summed E-state index contributed by atoms with van der Waals surface area (Å²) in [5.74, 6) is -2.17. The Morgan fingerprint density at radius 3 is 2.47 bits per heavy atom. The van der Waals surface area contributed by atoms with E-state index in [0.29, 0.717) is 16.9 Å². The highest BCUT2D eigenvalue weighted by Crippen LogP contribution is 2.32. The van der Waals surface area contributed by atoms with Crippen LogP contribution in [-0.2, 0) is 27.2 Å². The number of nitrogens with one attached hydrogen (secondary N) is 2. The molecule has 1 aliphatic rings. The standard InChI is InChI=1S/C23H28N2O7/c1-12(2)20(22(28)29)25-18(26)10-24-19(27)11-31-17-9-8-15-14-6-4-5-7-16(14)23(30)32-21(15)13(17)3/h8-9,12,20H,4-7,10-11H2,1-3H3,(H,24,27)(H,25,26)(H,28,29). The highest BCUT2D eigenvalue weighted by molar-refractivity contribution is 5.89. The molecule has 1 aliphatic carbocycles. The van der Waals surface area contributed by atoms with E-state index in [0.717, 1.165) is 42.2 Å². The Bertz CT molecular complexity index is 1100. The number of carbonyl (C=O) groups is 3. The van der Waals surface area contributed by atoms with Crippen molar-refractivity contribution in [3.63, 3.8) is 0 Å². The lowest BCUT2D eigenvalue weighted by Crippen LogP contribution is -2.48. The van der Waals surface area contributed by atoms with Gasteiger partial charge in [-0.3, -0.25) is 9.59 Å². The summed E-state index contributed by atoms with van der Waals surface area (Å²) in [7, 11) is 0. The van der Waals surface area contributed by atoms with Gasteiger partial charge in [-0.1, -0.05) is 13.8 Å². The molecule has 1 aromatic heterocycles. The minimum Gasteiger partial charge on any atom is -0.483 e. The largest absolute Gasteiger partial charge is 0.483 e. The summed E-state index contributed by atoms with van der Waals surface area (Å²) in [6.07, 6.45) is 3.57. The van der Waals surface area contributed by atoms with Crippen molar-refractivity contribution in [3.05, 3.63) is 39.2 Å². The normalized spacial score (nSPS) is 14.0. The zero-order valence-corrected chi connectivity index (χ0v) is 18.4. The molecule has 3 rings (SSSR count). The summed E-state index contributed by atoms with van der Waals surface area (Å²) in [5, 5.41) is 14.8. The van der Waals surface area contributed by atoms with Gasteiger partial charge in [0.15, 0.2) is 6.61 Å². The van der Waals surface area contributed by atoms with Crippen LogP contribution in [0.25, 0.3) is 11.0 Å². The van der Waals surface area contributed by atoms with Crippen molar-refractivity contribution in [1.29, 1.82) is 0 Å². The average molecular weight is 444 g/mol. The number of carbonyl (C=O) groups excluding carboxylic acids is 2. The number of aryl methyl sites for hydroxylation is 2. The molecule has 0 saturated heterocycles. The summed E-state index contributed by atoms with van der Waals surface area (Å²) >= 11 is 0. The van der Waals surface area contributed by atoms with E-state index in [1.807, 2.05) is 6.07 Å². The van der Waals surface area contributed by atoms with E-state index in [1.165, 1.54) is 0 Å². The smallest absolute Gasteiger partial charge is 0.339 e. The summed E-state index contributed by atoms with van der Waals surface area (Å²) in [6.45, 7) is 4.40. The predicted octanol–water partition coefficient (Wildman–Crippen LogP) is 1.70. The maximum Gasteiger partial charge on any atom is 0.339 e. The molecule has 1 aromatic carbocycles. The number of aliphatic carboxylic acids is 1. The molecule has 0 radical (unpaired) electrons. The Balaban J connectivity index is 1.62. The van der Waals surface area contributed by atoms with Gasteiger partial charge in [0.2, 0.25) is 5.91 Å². The molecule has 0 spiro atoms. The topological polar surface area (TPSA) is 135 Å². The van der Waals surface area contributed by atoms with Crippen LogP contribution in [0.4, 0.5) is 0 Å². The van der Waals surface area contributed by atoms with Crippen molar-refractivity contribution < 1.29 is 28.6 Å². The summed E-state index contributed by atoms with van der Waals surface area (Å²) in [6, 6.07) is 2.55. The molecule has 2 aromatic rings. The third kappa shape index (κ3) is 5.09. The monoisotopic (exact) mass is 444 g/mol. The van der Waals surface area contributed by atoms with Crippen LogP contribution in [0.2, 0.25) is 0 Å². The summed E-state index contributed by atoms with van der Waals surface area (Å²) in [5.41, 5.74) is 2.54. The molecule has 9 heteroatoms. The Morgan fingerprint density at radius 2 is 1.81 bits per heavy atom. The third-order valence-corrected chi connectivity index (χ3v) is 5.64. The van der Waals surface area contributed by atoms with E-state index in [9.17, 15) is 19.2 Å². The van der Waals surface area contributed by atoms with Crippen molar-refractivity contribution in [2.45, 2.75) is 52.5 Å². The van der Waals surface area contributed by atoms with Crippen molar-refractivity contribution in [2.75, 3.05) is 13.2 Å². The summed E-state index contributed by atoms with van der Waals surface area (Å²) < 4.78 is 11.1. The van der Waals surface area contributed by atoms with Gasteiger partial charge in [-0.2, -0.15) is 0 Å². The molecule has 2 amide bonds. The van der Waals surface area contributed by atoms with E-state index in [-0.39, 0.29) is 24.7 Å². The van der Waals surface area contributed by atoms with E-state index in [2.05, 4.69) is 10.6 Å². The van der Waals surface area contributed by atoms with Crippen LogP contribution in [-0.4, -0.2) is 42.1 Å². The first-order chi connectivity index (χ1) is 15.2. The van der Waals surface area contributed by atoms with Crippen LogP contribution in [0.3, 0.4) is 0 Å². The van der Waals surface area contributed by atoms with Crippen molar-refractivity contribution in [3.8, 4) is 5.75 Å². The first kappa shape index (κ1) is 23.3. The number of fused-ring (bicyclic) bond motifs is 3. The van der Waals surface area contributed by atoms with Crippen molar-refractivity contribution in [1.82, 2.24) is 10.6 Å². The van der Waals surface area contributed by atoms with Gasteiger partial charge < -0.3 is 24.9 Å². The Morgan fingerprint density at radius 1 is 1.12 bits per heavy atom. The number of carboxylic acids is 1. The number of ether oxygens (including phenoxy) is 1. The zero-order valence-electron chi connectivity index (χ0n) is 18.4. The lowest BCUT2D eigenvalue weighted by Gasteiger charge is -2.18. The lowest BCUT2D eigenvalue weighted by atomic mass is 9.90.